The second kappa shape index (κ2) is 7.90. The summed E-state index contributed by atoms with van der Waals surface area (Å²) in [6.45, 7) is 3.52. The topological polar surface area (TPSA) is 67.4 Å². The van der Waals surface area contributed by atoms with Crippen LogP contribution in [0.3, 0.4) is 0 Å². The smallest absolute Gasteiger partial charge is 0.471 e. The highest BCUT2D eigenvalue weighted by Gasteiger charge is 2.39. The van der Waals surface area contributed by atoms with E-state index < -0.39 is 18.0 Å². The molecular weight excluding hydrogens is 349 g/mol. The van der Waals surface area contributed by atoms with Crippen LogP contribution >= 0.6 is 0 Å². The van der Waals surface area contributed by atoms with Crippen molar-refractivity contribution in [1.82, 2.24) is 0 Å². The number of hydrogen-bond acceptors (Lipinski definition) is 3. The van der Waals surface area contributed by atoms with E-state index in [2.05, 4.69) is 5.32 Å². The predicted octanol–water partition coefficient (Wildman–Crippen LogP) is 3.82. The van der Waals surface area contributed by atoms with Crippen molar-refractivity contribution in [3.05, 3.63) is 53.6 Å². The van der Waals surface area contributed by atoms with Crippen molar-refractivity contribution in [3.8, 4) is 5.75 Å². The van der Waals surface area contributed by atoms with Crippen LogP contribution in [0.2, 0.25) is 0 Å². The summed E-state index contributed by atoms with van der Waals surface area (Å²) in [5, 5.41) is 4.14. The van der Waals surface area contributed by atoms with E-state index in [4.69, 9.17) is 4.74 Å². The van der Waals surface area contributed by atoms with E-state index in [0.29, 0.717) is 5.75 Å². The zero-order valence-electron chi connectivity index (χ0n) is 14.1. The van der Waals surface area contributed by atoms with Crippen molar-refractivity contribution in [2.45, 2.75) is 20.0 Å². The molecule has 0 spiro atoms. The maximum absolute atomic E-state index is 12.4. The van der Waals surface area contributed by atoms with Gasteiger partial charge < -0.3 is 15.4 Å². The third kappa shape index (κ3) is 5.23. The lowest BCUT2D eigenvalue weighted by atomic mass is 10.1. The first-order valence-corrected chi connectivity index (χ1v) is 7.64. The largest absolute Gasteiger partial charge is 0.484 e. The van der Waals surface area contributed by atoms with Gasteiger partial charge in [0, 0.05) is 0 Å². The number of ether oxygens (including phenoxy) is 1. The summed E-state index contributed by atoms with van der Waals surface area (Å²) in [7, 11) is 0. The Morgan fingerprint density at radius 3 is 2.15 bits per heavy atom. The molecule has 2 amide bonds. The third-order valence-corrected chi connectivity index (χ3v) is 3.56. The fourth-order valence-electron chi connectivity index (χ4n) is 2.03. The molecule has 2 rings (SSSR count). The van der Waals surface area contributed by atoms with Crippen LogP contribution in [0.5, 0.6) is 5.75 Å². The lowest BCUT2D eigenvalue weighted by Gasteiger charge is -2.14. The van der Waals surface area contributed by atoms with Crippen molar-refractivity contribution in [1.29, 1.82) is 0 Å². The van der Waals surface area contributed by atoms with Gasteiger partial charge in [-0.3, -0.25) is 9.59 Å². The quantitative estimate of drug-likeness (QED) is 0.845. The fraction of sp³-hybridized carbons (Fsp3) is 0.222. The van der Waals surface area contributed by atoms with Gasteiger partial charge in [0.05, 0.1) is 11.4 Å². The Morgan fingerprint density at radius 1 is 0.962 bits per heavy atom. The highest BCUT2D eigenvalue weighted by atomic mass is 19.4. The van der Waals surface area contributed by atoms with Gasteiger partial charge in [0.25, 0.3) is 5.91 Å². The highest BCUT2D eigenvalue weighted by molar-refractivity contribution is 6.01. The number of amides is 2. The molecule has 0 fully saturated rings. The number of para-hydroxylation sites is 2. The zero-order valence-corrected chi connectivity index (χ0v) is 14.1. The number of benzene rings is 2. The highest BCUT2D eigenvalue weighted by Crippen LogP contribution is 2.24. The molecule has 2 aromatic carbocycles. The van der Waals surface area contributed by atoms with Gasteiger partial charge in [-0.2, -0.15) is 13.2 Å². The summed E-state index contributed by atoms with van der Waals surface area (Å²) in [4.78, 5) is 23.1. The molecule has 0 radical (unpaired) electrons. The number of carbonyl (C=O) groups is 2. The number of carbonyl (C=O) groups excluding carboxylic acids is 2. The number of rotatable bonds is 5. The summed E-state index contributed by atoms with van der Waals surface area (Å²) >= 11 is 0. The van der Waals surface area contributed by atoms with Crippen molar-refractivity contribution in [2.75, 3.05) is 17.2 Å². The van der Waals surface area contributed by atoms with Crippen LogP contribution in [0.1, 0.15) is 11.1 Å². The fourth-order valence-corrected chi connectivity index (χ4v) is 2.03. The minimum Gasteiger partial charge on any atom is -0.484 e. The number of aryl methyl sites for hydroxylation is 2. The lowest BCUT2D eigenvalue weighted by Crippen LogP contribution is -2.30. The molecule has 0 saturated heterocycles. The molecule has 0 heterocycles. The summed E-state index contributed by atoms with van der Waals surface area (Å²) in [6, 6.07) is 10.9. The van der Waals surface area contributed by atoms with Crippen LogP contribution < -0.4 is 15.4 Å². The molecule has 26 heavy (non-hydrogen) atoms. The summed E-state index contributed by atoms with van der Waals surface area (Å²) in [6.07, 6.45) is -5.02. The van der Waals surface area contributed by atoms with E-state index >= 15 is 0 Å². The van der Waals surface area contributed by atoms with Crippen LogP contribution in [0, 0.1) is 13.8 Å². The molecule has 0 saturated carbocycles. The van der Waals surface area contributed by atoms with E-state index in [-0.39, 0.29) is 18.0 Å². The minimum absolute atomic E-state index is 0.0405. The van der Waals surface area contributed by atoms with Gasteiger partial charge in [-0.15, -0.1) is 0 Å². The summed E-state index contributed by atoms with van der Waals surface area (Å²) in [5.74, 6) is -2.19. The molecule has 5 nitrogen and oxygen atoms in total. The molecule has 0 aliphatic rings. The van der Waals surface area contributed by atoms with E-state index in [9.17, 15) is 22.8 Å². The van der Waals surface area contributed by atoms with Gasteiger partial charge in [-0.1, -0.05) is 18.2 Å². The van der Waals surface area contributed by atoms with E-state index in [1.807, 2.05) is 19.9 Å². The van der Waals surface area contributed by atoms with E-state index in [1.54, 1.807) is 17.4 Å². The van der Waals surface area contributed by atoms with Gasteiger partial charge in [-0.25, -0.2) is 0 Å². The van der Waals surface area contributed by atoms with Crippen molar-refractivity contribution >= 4 is 23.2 Å². The molecule has 138 valence electrons. The Kier molecular flexibility index (Phi) is 5.86. The molecule has 8 heteroatoms. The second-order valence-electron chi connectivity index (χ2n) is 5.58. The van der Waals surface area contributed by atoms with E-state index in [1.165, 1.54) is 24.3 Å². The molecular formula is C18H17F3N2O3. The molecule has 0 aromatic heterocycles. The normalized spacial score (nSPS) is 11.0. The second-order valence-corrected chi connectivity index (χ2v) is 5.58. The zero-order chi connectivity index (χ0) is 19.3. The van der Waals surface area contributed by atoms with Crippen LogP contribution in [0.25, 0.3) is 0 Å². The van der Waals surface area contributed by atoms with Gasteiger partial charge in [0.15, 0.2) is 6.61 Å². The summed E-state index contributed by atoms with van der Waals surface area (Å²) in [5.41, 5.74) is 1.97. The molecule has 0 aliphatic heterocycles. The molecule has 0 bridgehead atoms. The Hall–Kier alpha value is -3.03. The van der Waals surface area contributed by atoms with Gasteiger partial charge >= 0.3 is 12.1 Å². The van der Waals surface area contributed by atoms with Gasteiger partial charge in [0.1, 0.15) is 5.75 Å². The minimum atomic E-state index is -5.02. The lowest BCUT2D eigenvalue weighted by molar-refractivity contribution is -0.167. The van der Waals surface area contributed by atoms with Crippen molar-refractivity contribution in [3.63, 3.8) is 0 Å². The van der Waals surface area contributed by atoms with Gasteiger partial charge in [0.2, 0.25) is 0 Å². The number of alkyl halides is 3. The first kappa shape index (κ1) is 19.3. The average Bonchev–Trinajstić information content (AvgIpc) is 2.57. The Labute approximate surface area is 148 Å². The Bertz CT molecular complexity index is 820. The predicted molar refractivity (Wildman–Crippen MR) is 91.2 cm³/mol. The SMILES string of the molecule is Cc1ccc(OCC(=O)Nc2ccccc2NC(=O)C(F)(F)F)cc1C. The molecule has 0 atom stereocenters. The average molecular weight is 366 g/mol. The number of nitrogens with one attached hydrogen (secondary N) is 2. The van der Waals surface area contributed by atoms with Crippen molar-refractivity contribution in [2.24, 2.45) is 0 Å². The first-order chi connectivity index (χ1) is 12.2. The summed E-state index contributed by atoms with van der Waals surface area (Å²) < 4.78 is 42.5. The maximum Gasteiger partial charge on any atom is 0.471 e. The number of anilines is 2. The van der Waals surface area contributed by atoms with Crippen molar-refractivity contribution < 1.29 is 27.5 Å². The molecule has 2 aromatic rings. The third-order valence-electron chi connectivity index (χ3n) is 3.56. The standard InChI is InChI=1S/C18H17F3N2O3/c1-11-7-8-13(9-12(11)2)26-10-16(24)22-14-5-3-4-6-15(14)23-17(25)18(19,20)21/h3-9H,10H2,1-2H3,(H,22,24)(H,23,25). The van der Waals surface area contributed by atoms with E-state index in [0.717, 1.165) is 11.1 Å². The monoisotopic (exact) mass is 366 g/mol. The first-order valence-electron chi connectivity index (χ1n) is 7.64. The Morgan fingerprint density at radius 2 is 1.58 bits per heavy atom. The van der Waals surface area contributed by atoms with Crippen LogP contribution in [0.15, 0.2) is 42.5 Å². The number of halogens is 3. The molecule has 0 aliphatic carbocycles. The molecule has 0 unspecified atom stereocenters. The number of hydrogen-bond donors (Lipinski definition) is 2. The van der Waals surface area contributed by atoms with Crippen LogP contribution in [-0.2, 0) is 9.59 Å². The van der Waals surface area contributed by atoms with Crippen LogP contribution in [0.4, 0.5) is 24.5 Å². The maximum atomic E-state index is 12.4. The van der Waals surface area contributed by atoms with Gasteiger partial charge in [-0.05, 0) is 49.2 Å². The van der Waals surface area contributed by atoms with Crippen LogP contribution in [-0.4, -0.2) is 24.6 Å². The molecule has 2 N–H and O–H groups in total. The Balaban J connectivity index is 2.00.